The number of ether oxygens (including phenoxy) is 3. The van der Waals surface area contributed by atoms with Crippen LogP contribution < -0.4 is 0 Å². The molecule has 1 aromatic carbocycles. The van der Waals surface area contributed by atoms with Crippen LogP contribution >= 0.6 is 22.6 Å². The van der Waals surface area contributed by atoms with E-state index in [1.54, 1.807) is 0 Å². The molecule has 112 valence electrons. The largest absolute Gasteiger partial charge is 0.376 e. The summed E-state index contributed by atoms with van der Waals surface area (Å²) in [7, 11) is 0. The average molecular weight is 390 g/mol. The van der Waals surface area contributed by atoms with Gasteiger partial charge in [0.15, 0.2) is 5.79 Å². The molecule has 1 fully saturated rings. The number of benzene rings is 1. The summed E-state index contributed by atoms with van der Waals surface area (Å²) < 4.78 is 18.7. The standard InChI is InChI=1S/C16H23IO3/c1-12(10-18-11-13-7-5-4-6-8-13)15-14(9-17)19-16(2,3)20-15/h4-8,12,14-15H,9-11H2,1-3H3/t12-,14-,15-/m0/s1. The first-order chi connectivity index (χ1) is 9.52. The molecule has 20 heavy (non-hydrogen) atoms. The van der Waals surface area contributed by atoms with Crippen molar-refractivity contribution in [2.45, 2.75) is 45.4 Å². The van der Waals surface area contributed by atoms with Gasteiger partial charge in [-0.2, -0.15) is 0 Å². The van der Waals surface area contributed by atoms with E-state index in [9.17, 15) is 0 Å². The minimum atomic E-state index is -0.478. The molecule has 3 atom stereocenters. The van der Waals surface area contributed by atoms with Gasteiger partial charge >= 0.3 is 0 Å². The summed E-state index contributed by atoms with van der Waals surface area (Å²) in [5.74, 6) is -0.158. The molecule has 0 radical (unpaired) electrons. The Labute approximate surface area is 135 Å². The third-order valence-electron chi connectivity index (χ3n) is 3.43. The fourth-order valence-corrected chi connectivity index (χ4v) is 3.18. The minimum Gasteiger partial charge on any atom is -0.376 e. The average Bonchev–Trinajstić information content (AvgIpc) is 2.75. The Morgan fingerprint density at radius 2 is 1.95 bits per heavy atom. The molecule has 0 aliphatic carbocycles. The van der Waals surface area contributed by atoms with Crippen LogP contribution in [0.3, 0.4) is 0 Å². The predicted octanol–water partition coefficient (Wildman–Crippen LogP) is 3.79. The highest BCUT2D eigenvalue weighted by Crippen LogP contribution is 2.33. The molecule has 1 aliphatic heterocycles. The van der Waals surface area contributed by atoms with Crippen LogP contribution in [0.25, 0.3) is 0 Å². The van der Waals surface area contributed by atoms with Crippen LogP contribution in [-0.2, 0) is 20.8 Å². The van der Waals surface area contributed by atoms with Gasteiger partial charge in [0.25, 0.3) is 0 Å². The van der Waals surface area contributed by atoms with Crippen LogP contribution in [0.5, 0.6) is 0 Å². The summed E-state index contributed by atoms with van der Waals surface area (Å²) >= 11 is 2.36. The summed E-state index contributed by atoms with van der Waals surface area (Å²) in [6.45, 7) is 7.45. The molecular weight excluding hydrogens is 367 g/mol. The number of hydrogen-bond acceptors (Lipinski definition) is 3. The third-order valence-corrected chi connectivity index (χ3v) is 4.29. The SMILES string of the molecule is C[C@@H](COCc1ccccc1)[C@@H]1OC(C)(C)O[C@H]1CI. The maximum absolute atomic E-state index is 6.01. The van der Waals surface area contributed by atoms with Crippen LogP contribution in [0, 0.1) is 5.92 Å². The fraction of sp³-hybridized carbons (Fsp3) is 0.625. The first kappa shape index (κ1) is 16.2. The first-order valence-electron chi connectivity index (χ1n) is 7.05. The number of hydrogen-bond donors (Lipinski definition) is 0. The number of halogens is 1. The summed E-state index contributed by atoms with van der Waals surface area (Å²) in [5.41, 5.74) is 1.20. The second-order valence-electron chi connectivity index (χ2n) is 5.77. The Morgan fingerprint density at radius 1 is 1.25 bits per heavy atom. The summed E-state index contributed by atoms with van der Waals surface area (Å²) in [6, 6.07) is 10.2. The molecule has 1 aliphatic rings. The van der Waals surface area contributed by atoms with Gasteiger partial charge in [0.05, 0.1) is 25.4 Å². The lowest BCUT2D eigenvalue weighted by Gasteiger charge is -2.22. The smallest absolute Gasteiger partial charge is 0.163 e. The lowest BCUT2D eigenvalue weighted by molar-refractivity contribution is -0.150. The van der Waals surface area contributed by atoms with Crippen molar-refractivity contribution in [2.75, 3.05) is 11.0 Å². The molecule has 0 unspecified atom stereocenters. The van der Waals surface area contributed by atoms with E-state index < -0.39 is 5.79 Å². The zero-order valence-electron chi connectivity index (χ0n) is 12.3. The van der Waals surface area contributed by atoms with E-state index in [2.05, 4.69) is 41.6 Å². The van der Waals surface area contributed by atoms with Gasteiger partial charge in [-0.25, -0.2) is 0 Å². The van der Waals surface area contributed by atoms with Crippen molar-refractivity contribution >= 4 is 22.6 Å². The quantitative estimate of drug-likeness (QED) is 0.547. The van der Waals surface area contributed by atoms with E-state index in [4.69, 9.17) is 14.2 Å². The van der Waals surface area contributed by atoms with E-state index in [1.165, 1.54) is 5.56 Å². The highest BCUT2D eigenvalue weighted by molar-refractivity contribution is 14.1. The Morgan fingerprint density at radius 3 is 2.60 bits per heavy atom. The number of alkyl halides is 1. The Bertz CT molecular complexity index is 407. The van der Waals surface area contributed by atoms with E-state index in [0.717, 1.165) is 4.43 Å². The lowest BCUT2D eigenvalue weighted by atomic mass is 10.0. The van der Waals surface area contributed by atoms with Crippen molar-refractivity contribution in [3.05, 3.63) is 35.9 Å². The molecule has 0 saturated carbocycles. The Hall–Kier alpha value is -0.170. The van der Waals surface area contributed by atoms with Gasteiger partial charge in [-0.15, -0.1) is 0 Å². The van der Waals surface area contributed by atoms with E-state index >= 15 is 0 Å². The highest BCUT2D eigenvalue weighted by atomic mass is 127. The van der Waals surface area contributed by atoms with Crippen LogP contribution in [0.15, 0.2) is 30.3 Å². The van der Waals surface area contributed by atoms with Crippen molar-refractivity contribution in [1.82, 2.24) is 0 Å². The van der Waals surface area contributed by atoms with Crippen LogP contribution in [0.1, 0.15) is 26.3 Å². The Kier molecular flexibility index (Phi) is 5.84. The highest BCUT2D eigenvalue weighted by Gasteiger charge is 2.43. The summed E-state index contributed by atoms with van der Waals surface area (Å²) in [5, 5.41) is 0. The maximum atomic E-state index is 6.01. The fourth-order valence-electron chi connectivity index (χ4n) is 2.50. The Balaban J connectivity index is 1.81. The van der Waals surface area contributed by atoms with Gasteiger partial charge in [0.2, 0.25) is 0 Å². The normalized spacial score (nSPS) is 26.6. The van der Waals surface area contributed by atoms with E-state index in [1.807, 2.05) is 32.0 Å². The van der Waals surface area contributed by atoms with Gasteiger partial charge in [-0.05, 0) is 19.4 Å². The topological polar surface area (TPSA) is 27.7 Å². The molecule has 2 rings (SSSR count). The van der Waals surface area contributed by atoms with Gasteiger partial charge in [0.1, 0.15) is 0 Å². The zero-order chi connectivity index (χ0) is 14.6. The maximum Gasteiger partial charge on any atom is 0.163 e. The molecule has 1 saturated heterocycles. The summed E-state index contributed by atoms with van der Waals surface area (Å²) in [4.78, 5) is 0. The van der Waals surface area contributed by atoms with Crippen LogP contribution in [-0.4, -0.2) is 29.0 Å². The van der Waals surface area contributed by atoms with Crippen molar-refractivity contribution in [1.29, 1.82) is 0 Å². The van der Waals surface area contributed by atoms with Gasteiger partial charge < -0.3 is 14.2 Å². The first-order valence-corrected chi connectivity index (χ1v) is 8.57. The second-order valence-corrected chi connectivity index (χ2v) is 6.65. The van der Waals surface area contributed by atoms with Crippen molar-refractivity contribution in [3.63, 3.8) is 0 Å². The zero-order valence-corrected chi connectivity index (χ0v) is 14.5. The number of rotatable bonds is 6. The van der Waals surface area contributed by atoms with Crippen LogP contribution in [0.2, 0.25) is 0 Å². The second kappa shape index (κ2) is 7.20. The molecule has 1 heterocycles. The molecule has 3 nitrogen and oxygen atoms in total. The molecule has 0 amide bonds. The molecule has 1 aromatic rings. The monoisotopic (exact) mass is 390 g/mol. The molecule has 4 heteroatoms. The molecular formula is C16H23IO3. The van der Waals surface area contributed by atoms with Crippen molar-refractivity contribution in [2.24, 2.45) is 5.92 Å². The van der Waals surface area contributed by atoms with Crippen molar-refractivity contribution in [3.8, 4) is 0 Å². The molecule has 0 bridgehead atoms. The van der Waals surface area contributed by atoms with Gasteiger partial charge in [-0.3, -0.25) is 0 Å². The van der Waals surface area contributed by atoms with Gasteiger partial charge in [-0.1, -0.05) is 59.8 Å². The van der Waals surface area contributed by atoms with Crippen molar-refractivity contribution < 1.29 is 14.2 Å². The minimum absolute atomic E-state index is 0.109. The van der Waals surface area contributed by atoms with E-state index in [0.29, 0.717) is 19.1 Å². The third kappa shape index (κ3) is 4.41. The lowest BCUT2D eigenvalue weighted by Crippen LogP contribution is -2.33. The van der Waals surface area contributed by atoms with E-state index in [-0.39, 0.29) is 12.2 Å². The molecule has 0 aromatic heterocycles. The molecule has 0 spiro atoms. The van der Waals surface area contributed by atoms with Crippen LogP contribution in [0.4, 0.5) is 0 Å². The molecule has 0 N–H and O–H groups in total. The summed E-state index contributed by atoms with van der Waals surface area (Å²) in [6.07, 6.45) is 0.263. The van der Waals surface area contributed by atoms with Gasteiger partial charge in [0, 0.05) is 10.3 Å². The predicted molar refractivity (Wildman–Crippen MR) is 88.0 cm³/mol.